The Bertz CT molecular complexity index is 997. The lowest BCUT2D eigenvalue weighted by atomic mass is 9.79. The number of aromatic amines is 1. The van der Waals surface area contributed by atoms with E-state index in [9.17, 15) is 9.59 Å². The number of carbonyl (C=O) groups excluding carboxylic acids is 2. The van der Waals surface area contributed by atoms with Crippen LogP contribution < -0.4 is 5.32 Å². The molecule has 3 heterocycles. The van der Waals surface area contributed by atoms with Crippen molar-refractivity contribution in [1.29, 1.82) is 0 Å². The first-order valence-corrected chi connectivity index (χ1v) is 11.1. The molecule has 7 heteroatoms. The van der Waals surface area contributed by atoms with E-state index in [0.29, 0.717) is 31.6 Å². The second kappa shape index (κ2) is 8.44. The van der Waals surface area contributed by atoms with E-state index in [4.69, 9.17) is 0 Å². The van der Waals surface area contributed by atoms with Crippen LogP contribution in [-0.4, -0.2) is 46.0 Å². The van der Waals surface area contributed by atoms with Crippen LogP contribution in [0.5, 0.6) is 0 Å². The van der Waals surface area contributed by atoms with Crippen LogP contribution in [0.15, 0.2) is 54.0 Å². The molecule has 156 valence electrons. The number of hydrogen-bond donors (Lipinski definition) is 2. The third-order valence-electron chi connectivity index (χ3n) is 5.58. The molecule has 3 aromatic rings. The molecule has 6 nitrogen and oxygen atoms in total. The minimum Gasteiger partial charge on any atom is -0.353 e. The molecule has 1 atom stereocenters. The van der Waals surface area contributed by atoms with Crippen LogP contribution in [0.2, 0.25) is 0 Å². The predicted octanol–water partition coefficient (Wildman–Crippen LogP) is 3.74. The van der Waals surface area contributed by atoms with Crippen LogP contribution in [0.3, 0.4) is 0 Å². The number of carbonyl (C=O) groups is 2. The number of H-pyrrole nitrogens is 1. The molecule has 1 aliphatic rings. The van der Waals surface area contributed by atoms with Gasteiger partial charge in [0.05, 0.1) is 5.41 Å². The Kier molecular flexibility index (Phi) is 5.72. The molecule has 1 aliphatic heterocycles. The average molecular weight is 423 g/mol. The number of aromatic nitrogens is 2. The smallest absolute Gasteiger partial charge is 0.271 e. The number of rotatable bonds is 6. The number of amides is 2. The number of nitrogens with zero attached hydrogens (tertiary/aromatic N) is 2. The third kappa shape index (κ3) is 4.16. The van der Waals surface area contributed by atoms with Gasteiger partial charge >= 0.3 is 0 Å². The van der Waals surface area contributed by atoms with Gasteiger partial charge in [0, 0.05) is 30.2 Å². The maximum Gasteiger partial charge on any atom is 0.271 e. The van der Waals surface area contributed by atoms with Gasteiger partial charge in [0.25, 0.3) is 5.91 Å². The molecular weight excluding hydrogens is 396 g/mol. The Morgan fingerprint density at radius 1 is 1.23 bits per heavy atom. The van der Waals surface area contributed by atoms with Gasteiger partial charge in [0.1, 0.15) is 5.69 Å². The largest absolute Gasteiger partial charge is 0.353 e. The zero-order chi connectivity index (χ0) is 21.1. The number of hydrogen-bond acceptors (Lipinski definition) is 4. The first-order chi connectivity index (χ1) is 14.5. The van der Waals surface area contributed by atoms with Gasteiger partial charge in [0.2, 0.25) is 5.91 Å². The van der Waals surface area contributed by atoms with Crippen molar-refractivity contribution in [3.63, 3.8) is 0 Å². The van der Waals surface area contributed by atoms with Crippen LogP contribution >= 0.6 is 11.3 Å². The van der Waals surface area contributed by atoms with Crippen molar-refractivity contribution in [1.82, 2.24) is 20.4 Å². The average Bonchev–Trinajstić information content (AvgIpc) is 3.49. The summed E-state index contributed by atoms with van der Waals surface area (Å²) < 4.78 is 0. The summed E-state index contributed by atoms with van der Waals surface area (Å²) in [6.07, 6.45) is 2.80. The summed E-state index contributed by atoms with van der Waals surface area (Å²) in [5, 5.41) is 11.7. The van der Waals surface area contributed by atoms with Crippen LogP contribution in [0.1, 0.15) is 36.3 Å². The second-order valence-electron chi connectivity index (χ2n) is 8.21. The van der Waals surface area contributed by atoms with Crippen LogP contribution in [-0.2, 0) is 11.2 Å². The van der Waals surface area contributed by atoms with E-state index in [2.05, 4.69) is 51.2 Å². The van der Waals surface area contributed by atoms with Crippen molar-refractivity contribution >= 4 is 23.2 Å². The van der Waals surface area contributed by atoms with Gasteiger partial charge < -0.3 is 10.2 Å². The summed E-state index contributed by atoms with van der Waals surface area (Å²) in [5.41, 5.74) is 2.10. The number of thiophene rings is 1. The third-order valence-corrected chi connectivity index (χ3v) is 6.49. The van der Waals surface area contributed by atoms with E-state index in [-0.39, 0.29) is 17.9 Å². The zero-order valence-electron chi connectivity index (χ0n) is 17.2. The lowest BCUT2D eigenvalue weighted by molar-refractivity contribution is -0.130. The van der Waals surface area contributed by atoms with Crippen molar-refractivity contribution < 1.29 is 9.59 Å². The summed E-state index contributed by atoms with van der Waals surface area (Å²) >= 11 is 1.71. The van der Waals surface area contributed by atoms with Crippen molar-refractivity contribution in [3.05, 3.63) is 65.3 Å². The maximum absolute atomic E-state index is 13.2. The van der Waals surface area contributed by atoms with Gasteiger partial charge in [-0.25, -0.2) is 0 Å². The Morgan fingerprint density at radius 3 is 2.67 bits per heavy atom. The van der Waals surface area contributed by atoms with Crippen molar-refractivity contribution in [3.8, 4) is 10.4 Å². The lowest BCUT2D eigenvalue weighted by Gasteiger charge is -2.29. The van der Waals surface area contributed by atoms with Crippen molar-refractivity contribution in [2.75, 3.05) is 13.1 Å². The van der Waals surface area contributed by atoms with E-state index in [1.165, 1.54) is 10.4 Å². The fraction of sp³-hybridized carbons (Fsp3) is 0.348. The Hall–Kier alpha value is -2.93. The summed E-state index contributed by atoms with van der Waals surface area (Å²) in [6, 6.07) is 14.3. The van der Waals surface area contributed by atoms with Gasteiger partial charge in [-0.15, -0.1) is 11.3 Å². The highest BCUT2D eigenvalue weighted by atomic mass is 32.1. The highest BCUT2D eigenvalue weighted by Gasteiger charge is 2.46. The molecule has 0 radical (unpaired) electrons. The number of benzene rings is 1. The van der Waals surface area contributed by atoms with E-state index in [0.717, 1.165) is 5.56 Å². The van der Waals surface area contributed by atoms with Gasteiger partial charge in [0.15, 0.2) is 0 Å². The molecule has 2 aromatic heterocycles. The summed E-state index contributed by atoms with van der Waals surface area (Å²) in [5.74, 6) is -0.0977. The molecule has 1 saturated heterocycles. The molecule has 30 heavy (non-hydrogen) atoms. The molecule has 0 aliphatic carbocycles. The highest BCUT2D eigenvalue weighted by molar-refractivity contribution is 7.13. The zero-order valence-corrected chi connectivity index (χ0v) is 18.0. The molecule has 2 N–H and O–H groups in total. The van der Waals surface area contributed by atoms with Crippen molar-refractivity contribution in [2.45, 2.75) is 32.7 Å². The molecule has 0 bridgehead atoms. The van der Waals surface area contributed by atoms with Gasteiger partial charge in [-0.05, 0) is 55.3 Å². The molecular formula is C23H26N4O2S. The first kappa shape index (κ1) is 20.3. The van der Waals surface area contributed by atoms with Gasteiger partial charge in [-0.3, -0.25) is 14.7 Å². The van der Waals surface area contributed by atoms with Crippen LogP contribution in [0.25, 0.3) is 10.4 Å². The number of likely N-dealkylation sites (tertiary alicyclic amines) is 1. The number of nitrogens with one attached hydrogen (secondary N) is 2. The van der Waals surface area contributed by atoms with Gasteiger partial charge in [-0.1, -0.05) is 30.3 Å². The normalized spacial score (nSPS) is 18.7. The van der Waals surface area contributed by atoms with Crippen molar-refractivity contribution in [2.24, 2.45) is 5.41 Å². The Morgan fingerprint density at radius 2 is 2.03 bits per heavy atom. The molecule has 1 unspecified atom stereocenters. The quantitative estimate of drug-likeness (QED) is 0.635. The van der Waals surface area contributed by atoms with Crippen LogP contribution in [0, 0.1) is 5.41 Å². The molecule has 4 rings (SSSR count). The molecule has 0 saturated carbocycles. The fourth-order valence-electron chi connectivity index (χ4n) is 4.04. The predicted molar refractivity (Wildman–Crippen MR) is 118 cm³/mol. The van der Waals surface area contributed by atoms with Crippen LogP contribution in [0.4, 0.5) is 0 Å². The Balaban J connectivity index is 1.56. The molecule has 1 fully saturated rings. The lowest BCUT2D eigenvalue weighted by Crippen LogP contribution is -2.47. The summed E-state index contributed by atoms with van der Waals surface area (Å²) in [6.45, 7) is 4.88. The topological polar surface area (TPSA) is 78.1 Å². The minimum absolute atomic E-state index is 0.0137. The maximum atomic E-state index is 13.2. The monoisotopic (exact) mass is 422 g/mol. The molecule has 0 spiro atoms. The van der Waals surface area contributed by atoms with E-state index in [1.807, 2.05) is 19.9 Å². The summed E-state index contributed by atoms with van der Waals surface area (Å²) in [7, 11) is 0. The van der Waals surface area contributed by atoms with E-state index in [1.54, 1.807) is 28.5 Å². The Labute approximate surface area is 180 Å². The van der Waals surface area contributed by atoms with E-state index >= 15 is 0 Å². The standard InChI is InChI=1S/C23H26N4O2S/c1-16(2)25-22(29)23(10-12-27(15-23)21(28)19-9-11-24-26-19)14-17-5-7-18(8-6-17)20-4-3-13-30-20/h3-9,11,13,16H,10,12,14-15H2,1-2H3,(H,24,26)(H,25,29). The molecule has 1 aromatic carbocycles. The van der Waals surface area contributed by atoms with E-state index < -0.39 is 5.41 Å². The summed E-state index contributed by atoms with van der Waals surface area (Å²) in [4.78, 5) is 29.0. The molecule has 2 amide bonds. The first-order valence-electron chi connectivity index (χ1n) is 10.2. The minimum atomic E-state index is -0.635. The fourth-order valence-corrected chi connectivity index (χ4v) is 4.77. The van der Waals surface area contributed by atoms with Gasteiger partial charge in [-0.2, -0.15) is 5.10 Å². The second-order valence-corrected chi connectivity index (χ2v) is 9.15. The SMILES string of the molecule is CC(C)NC(=O)C1(Cc2ccc(-c3cccs3)cc2)CCN(C(=O)c2ccn[nH]2)C1. The highest BCUT2D eigenvalue weighted by Crippen LogP contribution is 2.36.